The van der Waals surface area contributed by atoms with E-state index in [1.54, 1.807) is 36.5 Å². The van der Waals surface area contributed by atoms with Crippen LogP contribution in [0.3, 0.4) is 0 Å². The molecule has 5 rings (SSSR count). The summed E-state index contributed by atoms with van der Waals surface area (Å²) in [5, 5.41) is 4.48. The number of hydrogen-bond acceptors (Lipinski definition) is 4. The van der Waals surface area contributed by atoms with Gasteiger partial charge in [0.2, 0.25) is 0 Å². The van der Waals surface area contributed by atoms with Crippen LogP contribution in [0.25, 0.3) is 0 Å². The summed E-state index contributed by atoms with van der Waals surface area (Å²) in [5.74, 6) is -1.26. The number of anilines is 2. The minimum absolute atomic E-state index is 0.0634. The number of hydrogen-bond donors (Lipinski definition) is 0. The highest BCUT2D eigenvalue weighted by Gasteiger charge is 2.39. The van der Waals surface area contributed by atoms with E-state index in [0.717, 1.165) is 23.3 Å². The number of fused-ring (bicyclic) bond motifs is 1. The van der Waals surface area contributed by atoms with Gasteiger partial charge in [0, 0.05) is 55.6 Å². The van der Waals surface area contributed by atoms with E-state index in [1.165, 1.54) is 11.0 Å². The summed E-state index contributed by atoms with van der Waals surface area (Å²) in [6.07, 6.45) is 2.87. The fourth-order valence-corrected chi connectivity index (χ4v) is 5.46. The lowest BCUT2D eigenvalue weighted by Crippen LogP contribution is -2.54. The van der Waals surface area contributed by atoms with E-state index in [1.807, 2.05) is 24.1 Å². The molecule has 0 saturated carbocycles. The van der Waals surface area contributed by atoms with Crippen molar-refractivity contribution in [3.05, 3.63) is 70.7 Å². The van der Waals surface area contributed by atoms with Crippen molar-refractivity contribution in [2.24, 2.45) is 7.05 Å². The van der Waals surface area contributed by atoms with Crippen LogP contribution in [0.2, 0.25) is 0 Å². The van der Waals surface area contributed by atoms with Gasteiger partial charge in [-0.25, -0.2) is 18.0 Å². The predicted octanol–water partition coefficient (Wildman–Crippen LogP) is 5.54. The molecule has 1 fully saturated rings. The van der Waals surface area contributed by atoms with Gasteiger partial charge in [-0.15, -0.1) is 0 Å². The Morgan fingerprint density at radius 3 is 2.53 bits per heavy atom. The summed E-state index contributed by atoms with van der Waals surface area (Å²) in [6, 6.07) is 6.64. The molecule has 7 nitrogen and oxygen atoms in total. The van der Waals surface area contributed by atoms with Gasteiger partial charge >= 0.3 is 6.03 Å². The predicted molar refractivity (Wildman–Crippen MR) is 139 cm³/mol. The summed E-state index contributed by atoms with van der Waals surface area (Å²) in [6.45, 7) is 6.87. The van der Waals surface area contributed by atoms with Crippen molar-refractivity contribution in [3.63, 3.8) is 0 Å². The van der Waals surface area contributed by atoms with Gasteiger partial charge in [0.15, 0.2) is 5.82 Å². The lowest BCUT2D eigenvalue weighted by molar-refractivity contribution is 0.159. The summed E-state index contributed by atoms with van der Waals surface area (Å²) >= 11 is 0. The number of benzene rings is 2. The van der Waals surface area contributed by atoms with Crippen LogP contribution >= 0.6 is 0 Å². The molecule has 0 unspecified atom stereocenters. The molecule has 3 heterocycles. The number of ether oxygens (including phenoxy) is 1. The summed E-state index contributed by atoms with van der Waals surface area (Å²) < 4.78 is 50.9. The number of amides is 2. The Balaban J connectivity index is 1.41. The molecular formula is C28H32F3N5O2. The highest BCUT2D eigenvalue weighted by molar-refractivity contribution is 5.94. The molecular weight excluding hydrogens is 495 g/mol. The van der Waals surface area contributed by atoms with Gasteiger partial charge in [0.1, 0.15) is 23.2 Å². The highest BCUT2D eigenvalue weighted by atomic mass is 19.1. The van der Waals surface area contributed by atoms with Crippen molar-refractivity contribution >= 4 is 17.5 Å². The molecule has 202 valence electrons. The lowest BCUT2D eigenvalue weighted by atomic mass is 10.00. The van der Waals surface area contributed by atoms with E-state index < -0.39 is 11.6 Å². The number of aryl methyl sites for hydroxylation is 2. The van der Waals surface area contributed by atoms with Crippen molar-refractivity contribution in [2.45, 2.75) is 58.8 Å². The van der Waals surface area contributed by atoms with Gasteiger partial charge in [0.25, 0.3) is 0 Å². The van der Waals surface area contributed by atoms with Crippen LogP contribution in [0, 0.1) is 24.4 Å². The van der Waals surface area contributed by atoms with E-state index in [9.17, 15) is 13.6 Å². The molecule has 0 radical (unpaired) electrons. The molecule has 0 atom stereocenters. The van der Waals surface area contributed by atoms with Gasteiger partial charge in [-0.2, -0.15) is 5.10 Å². The van der Waals surface area contributed by atoms with Crippen molar-refractivity contribution < 1.29 is 22.7 Å². The zero-order chi connectivity index (χ0) is 27.1. The summed E-state index contributed by atoms with van der Waals surface area (Å²) in [5.41, 5.74) is 2.42. The molecule has 1 saturated heterocycles. The van der Waals surface area contributed by atoms with Crippen LogP contribution in [-0.4, -0.2) is 45.9 Å². The summed E-state index contributed by atoms with van der Waals surface area (Å²) in [4.78, 5) is 19.1. The Kier molecular flexibility index (Phi) is 6.98. The fourth-order valence-electron chi connectivity index (χ4n) is 5.46. The normalized spacial score (nSPS) is 16.4. The first-order chi connectivity index (χ1) is 18.1. The van der Waals surface area contributed by atoms with Crippen molar-refractivity contribution in [2.75, 3.05) is 22.9 Å². The number of para-hydroxylation sites is 1. The van der Waals surface area contributed by atoms with Crippen molar-refractivity contribution in [1.29, 1.82) is 0 Å². The van der Waals surface area contributed by atoms with Crippen LogP contribution in [0.4, 0.5) is 29.5 Å². The minimum atomic E-state index is -0.781. The molecule has 2 aromatic carbocycles. The fraction of sp³-hybridized carbons (Fsp3) is 0.429. The first-order valence-electron chi connectivity index (χ1n) is 12.9. The maximum Gasteiger partial charge on any atom is 0.326 e. The number of aromatic nitrogens is 2. The van der Waals surface area contributed by atoms with Crippen molar-refractivity contribution in [1.82, 2.24) is 14.7 Å². The lowest BCUT2D eigenvalue weighted by Gasteiger charge is -2.43. The maximum atomic E-state index is 15.0. The second-order valence-corrected chi connectivity index (χ2v) is 10.3. The van der Waals surface area contributed by atoms with Gasteiger partial charge in [-0.3, -0.25) is 9.58 Å². The molecule has 0 bridgehead atoms. The number of halogens is 3. The summed E-state index contributed by atoms with van der Waals surface area (Å²) in [7, 11) is 1.77. The Labute approximate surface area is 220 Å². The number of piperidine rings is 1. The number of carbonyl (C=O) groups excluding carboxylic acids is 1. The molecule has 2 aliphatic heterocycles. The standard InChI is InChI=1S/C28H32F3N5O2/c1-17(2)38-25-13-20(29)12-24(31)22(25)16-36-27-19(14-33(4)32-27)15-35(28(36)37)21-8-10-34(11-9-21)26-18(3)6-5-7-23(26)30/h5-7,12-14,17,21H,8-11,15-16H2,1-4H3. The number of carbonyl (C=O) groups is 1. The Bertz CT molecular complexity index is 1330. The third-order valence-electron chi connectivity index (χ3n) is 7.16. The quantitative estimate of drug-likeness (QED) is 0.422. The van der Waals surface area contributed by atoms with Crippen molar-refractivity contribution in [3.8, 4) is 5.75 Å². The molecule has 0 N–H and O–H groups in total. The van der Waals surface area contributed by atoms with Crippen LogP contribution in [0.15, 0.2) is 36.5 Å². The first kappa shape index (κ1) is 25.9. The molecule has 38 heavy (non-hydrogen) atoms. The maximum absolute atomic E-state index is 15.0. The molecule has 0 spiro atoms. The third kappa shape index (κ3) is 4.91. The molecule has 0 aliphatic carbocycles. The molecule has 2 amide bonds. The van der Waals surface area contributed by atoms with Gasteiger partial charge < -0.3 is 14.5 Å². The number of rotatable bonds is 6. The Morgan fingerprint density at radius 2 is 1.84 bits per heavy atom. The Morgan fingerprint density at radius 1 is 1.11 bits per heavy atom. The number of nitrogens with zero attached hydrogens (tertiary/aromatic N) is 5. The molecule has 2 aliphatic rings. The molecule has 1 aromatic heterocycles. The third-order valence-corrected chi connectivity index (χ3v) is 7.16. The number of urea groups is 1. The minimum Gasteiger partial charge on any atom is -0.490 e. The molecule has 3 aromatic rings. The first-order valence-corrected chi connectivity index (χ1v) is 12.9. The average molecular weight is 528 g/mol. The smallest absolute Gasteiger partial charge is 0.326 e. The van der Waals surface area contributed by atoms with E-state index in [2.05, 4.69) is 5.10 Å². The van der Waals surface area contributed by atoms with E-state index in [-0.39, 0.29) is 41.9 Å². The highest BCUT2D eigenvalue weighted by Crippen LogP contribution is 2.35. The van der Waals surface area contributed by atoms with E-state index >= 15 is 4.39 Å². The average Bonchev–Trinajstić information content (AvgIpc) is 3.22. The second-order valence-electron chi connectivity index (χ2n) is 10.3. The Hall–Kier alpha value is -3.69. The van der Waals surface area contributed by atoms with Crippen LogP contribution < -0.4 is 14.5 Å². The van der Waals surface area contributed by atoms with Crippen LogP contribution in [0.5, 0.6) is 5.75 Å². The SMILES string of the molecule is Cc1cccc(F)c1N1CCC(N2Cc3cn(C)nc3N(Cc3c(F)cc(F)cc3OC(C)C)C2=O)CC1. The largest absolute Gasteiger partial charge is 0.490 e. The monoisotopic (exact) mass is 527 g/mol. The van der Waals surface area contributed by atoms with Gasteiger partial charge in [-0.1, -0.05) is 12.1 Å². The van der Waals surface area contributed by atoms with Gasteiger partial charge in [0.05, 0.1) is 24.9 Å². The zero-order valence-corrected chi connectivity index (χ0v) is 22.0. The van der Waals surface area contributed by atoms with Crippen LogP contribution in [0.1, 0.15) is 43.4 Å². The van der Waals surface area contributed by atoms with E-state index in [0.29, 0.717) is 44.0 Å². The zero-order valence-electron chi connectivity index (χ0n) is 22.0. The topological polar surface area (TPSA) is 53.8 Å². The van der Waals surface area contributed by atoms with Crippen LogP contribution in [-0.2, 0) is 20.1 Å². The second kappa shape index (κ2) is 10.2. The van der Waals surface area contributed by atoms with E-state index in [4.69, 9.17) is 4.74 Å². The van der Waals surface area contributed by atoms with Gasteiger partial charge in [-0.05, 0) is 45.2 Å². The molecule has 10 heteroatoms.